The van der Waals surface area contributed by atoms with Gasteiger partial charge in [0.1, 0.15) is 11.5 Å². The number of rotatable bonds is 4. The topological polar surface area (TPSA) is 38.7 Å². The molecule has 2 rings (SSSR count). The van der Waals surface area contributed by atoms with E-state index in [9.17, 15) is 5.11 Å². The van der Waals surface area contributed by atoms with E-state index in [4.69, 9.17) is 9.47 Å². The first-order chi connectivity index (χ1) is 8.30. The van der Waals surface area contributed by atoms with E-state index < -0.39 is 0 Å². The molecule has 1 aliphatic rings. The molecule has 1 aliphatic heterocycles. The fourth-order valence-electron chi connectivity index (χ4n) is 1.87. The fraction of sp³-hybridized carbons (Fsp3) is 0.500. The van der Waals surface area contributed by atoms with Crippen LogP contribution >= 0.6 is 23.5 Å². The van der Waals surface area contributed by atoms with Crippen molar-refractivity contribution >= 4 is 23.5 Å². The summed E-state index contributed by atoms with van der Waals surface area (Å²) in [6.45, 7) is 0.0144. The first-order valence-electron chi connectivity index (χ1n) is 5.39. The van der Waals surface area contributed by atoms with E-state index in [2.05, 4.69) is 0 Å². The van der Waals surface area contributed by atoms with Crippen molar-refractivity contribution in [3.05, 3.63) is 23.3 Å². The molecule has 1 aromatic rings. The number of hydrogen-bond acceptors (Lipinski definition) is 5. The third-order valence-electron chi connectivity index (χ3n) is 2.68. The molecule has 1 heterocycles. The number of methoxy groups -OCH3 is 2. The molecule has 0 aliphatic carbocycles. The molecule has 17 heavy (non-hydrogen) atoms. The Morgan fingerprint density at radius 3 is 2.47 bits per heavy atom. The van der Waals surface area contributed by atoms with Crippen LogP contribution in [0.25, 0.3) is 0 Å². The quantitative estimate of drug-likeness (QED) is 0.912. The molecule has 94 valence electrons. The number of aliphatic hydroxyl groups is 1. The first-order valence-corrected chi connectivity index (χ1v) is 7.48. The van der Waals surface area contributed by atoms with Gasteiger partial charge in [0, 0.05) is 23.1 Å². The lowest BCUT2D eigenvalue weighted by Gasteiger charge is -2.18. The van der Waals surface area contributed by atoms with Crippen molar-refractivity contribution in [3.63, 3.8) is 0 Å². The minimum atomic E-state index is 0.0144. The summed E-state index contributed by atoms with van der Waals surface area (Å²) < 4.78 is 11.0. The van der Waals surface area contributed by atoms with Gasteiger partial charge in [0.05, 0.1) is 25.4 Å². The number of hydrogen-bond donors (Lipinski definition) is 1. The number of thioether (sulfide) groups is 2. The predicted molar refractivity (Wildman–Crippen MR) is 73.1 cm³/mol. The number of aliphatic hydroxyl groups excluding tert-OH is 1. The maximum atomic E-state index is 9.49. The van der Waals surface area contributed by atoms with E-state index >= 15 is 0 Å². The second kappa shape index (κ2) is 5.89. The van der Waals surface area contributed by atoms with Crippen molar-refractivity contribution in [2.45, 2.75) is 11.2 Å². The normalized spacial score (nSPS) is 16.2. The molecule has 0 bridgehead atoms. The molecular weight excluding hydrogens is 256 g/mol. The highest BCUT2D eigenvalue weighted by molar-refractivity contribution is 8.19. The molecular formula is C12H16O3S2. The lowest BCUT2D eigenvalue weighted by molar-refractivity contribution is 0.278. The average molecular weight is 272 g/mol. The van der Waals surface area contributed by atoms with Gasteiger partial charge in [0.2, 0.25) is 0 Å². The molecule has 1 fully saturated rings. The van der Waals surface area contributed by atoms with Gasteiger partial charge in [0.15, 0.2) is 0 Å². The van der Waals surface area contributed by atoms with Crippen molar-refractivity contribution < 1.29 is 14.6 Å². The summed E-state index contributed by atoms with van der Waals surface area (Å²) in [7, 11) is 3.28. The van der Waals surface area contributed by atoms with Gasteiger partial charge in [-0.3, -0.25) is 0 Å². The van der Waals surface area contributed by atoms with Gasteiger partial charge in [-0.05, 0) is 11.6 Å². The van der Waals surface area contributed by atoms with Crippen molar-refractivity contribution in [1.29, 1.82) is 0 Å². The maximum absolute atomic E-state index is 9.49. The lowest BCUT2D eigenvalue weighted by atomic mass is 10.1. The van der Waals surface area contributed by atoms with E-state index in [0.29, 0.717) is 4.58 Å². The van der Waals surface area contributed by atoms with Gasteiger partial charge in [-0.15, -0.1) is 23.5 Å². The summed E-state index contributed by atoms with van der Waals surface area (Å²) in [6, 6.07) is 3.77. The zero-order valence-corrected chi connectivity index (χ0v) is 11.6. The van der Waals surface area contributed by atoms with E-state index in [1.54, 1.807) is 14.2 Å². The van der Waals surface area contributed by atoms with Crippen LogP contribution in [0.4, 0.5) is 0 Å². The summed E-state index contributed by atoms with van der Waals surface area (Å²) in [5.41, 5.74) is 2.00. The molecule has 1 aromatic carbocycles. The van der Waals surface area contributed by atoms with Crippen LogP contribution in [0, 0.1) is 0 Å². The van der Waals surface area contributed by atoms with E-state index in [-0.39, 0.29) is 6.61 Å². The van der Waals surface area contributed by atoms with Crippen LogP contribution in [0.2, 0.25) is 0 Å². The van der Waals surface area contributed by atoms with E-state index in [1.807, 2.05) is 35.7 Å². The van der Waals surface area contributed by atoms with Crippen LogP contribution in [0.15, 0.2) is 12.1 Å². The van der Waals surface area contributed by atoms with Crippen molar-refractivity contribution in [3.8, 4) is 11.5 Å². The predicted octanol–water partition coefficient (Wildman–Crippen LogP) is 2.67. The summed E-state index contributed by atoms with van der Waals surface area (Å²) in [6.07, 6.45) is 0. The first kappa shape index (κ1) is 12.9. The van der Waals surface area contributed by atoms with Gasteiger partial charge in [-0.2, -0.15) is 0 Å². The van der Waals surface area contributed by atoms with Crippen LogP contribution in [0.3, 0.4) is 0 Å². The monoisotopic (exact) mass is 272 g/mol. The molecule has 0 aromatic heterocycles. The summed E-state index contributed by atoms with van der Waals surface area (Å²) >= 11 is 3.80. The van der Waals surface area contributed by atoms with Gasteiger partial charge in [-0.1, -0.05) is 0 Å². The lowest BCUT2D eigenvalue weighted by Crippen LogP contribution is -2.01. The molecule has 1 saturated heterocycles. The van der Waals surface area contributed by atoms with Crippen molar-refractivity contribution in [2.24, 2.45) is 0 Å². The second-order valence-electron chi connectivity index (χ2n) is 3.63. The SMILES string of the molecule is COc1cc(CO)c(C2SCCS2)c(OC)c1. The Morgan fingerprint density at radius 2 is 1.94 bits per heavy atom. The molecule has 0 amide bonds. The minimum absolute atomic E-state index is 0.0144. The molecule has 0 unspecified atom stereocenters. The van der Waals surface area contributed by atoms with Crippen LogP contribution < -0.4 is 9.47 Å². The Hall–Kier alpha value is -0.520. The molecule has 5 heteroatoms. The molecule has 0 saturated carbocycles. The van der Waals surface area contributed by atoms with E-state index in [1.165, 1.54) is 0 Å². The highest BCUT2D eigenvalue weighted by atomic mass is 32.2. The zero-order chi connectivity index (χ0) is 12.3. The van der Waals surface area contributed by atoms with Gasteiger partial charge in [-0.25, -0.2) is 0 Å². The molecule has 3 nitrogen and oxygen atoms in total. The van der Waals surface area contributed by atoms with Gasteiger partial charge >= 0.3 is 0 Å². The maximum Gasteiger partial charge on any atom is 0.128 e. The van der Waals surface area contributed by atoms with Crippen LogP contribution in [0.5, 0.6) is 11.5 Å². The Kier molecular flexibility index (Phi) is 4.48. The fourth-order valence-corrected chi connectivity index (χ4v) is 4.90. The standard InChI is InChI=1S/C12H16O3S2/c1-14-9-5-8(7-13)11(10(6-9)15-2)12-16-3-4-17-12/h5-6,12-13H,3-4,7H2,1-2H3. The summed E-state index contributed by atoms with van der Waals surface area (Å²) in [5, 5.41) is 9.49. The molecule has 0 atom stereocenters. The number of ether oxygens (including phenoxy) is 2. The molecule has 0 radical (unpaired) electrons. The van der Waals surface area contributed by atoms with Crippen LogP contribution in [-0.2, 0) is 6.61 Å². The Bertz CT molecular complexity index is 364. The van der Waals surface area contributed by atoms with E-state index in [0.717, 1.165) is 34.1 Å². The summed E-state index contributed by atoms with van der Waals surface area (Å²) in [4.78, 5) is 0. The third-order valence-corrected chi connectivity index (χ3v) is 5.72. The molecule has 0 spiro atoms. The smallest absolute Gasteiger partial charge is 0.128 e. The van der Waals surface area contributed by atoms with Gasteiger partial charge < -0.3 is 14.6 Å². The second-order valence-corrected chi connectivity index (χ2v) is 6.36. The third kappa shape index (κ3) is 2.67. The summed E-state index contributed by atoms with van der Waals surface area (Å²) in [5.74, 6) is 3.83. The molecule has 1 N–H and O–H groups in total. The largest absolute Gasteiger partial charge is 0.497 e. The van der Waals surface area contributed by atoms with Crippen LogP contribution in [0.1, 0.15) is 15.7 Å². The Balaban J connectivity index is 2.45. The van der Waals surface area contributed by atoms with Crippen molar-refractivity contribution in [2.75, 3.05) is 25.7 Å². The Morgan fingerprint density at radius 1 is 1.24 bits per heavy atom. The van der Waals surface area contributed by atoms with Crippen LogP contribution in [-0.4, -0.2) is 30.8 Å². The highest BCUT2D eigenvalue weighted by Crippen LogP contribution is 2.50. The van der Waals surface area contributed by atoms with Gasteiger partial charge in [0.25, 0.3) is 0 Å². The minimum Gasteiger partial charge on any atom is -0.497 e. The highest BCUT2D eigenvalue weighted by Gasteiger charge is 2.25. The van der Waals surface area contributed by atoms with Crippen molar-refractivity contribution in [1.82, 2.24) is 0 Å². The zero-order valence-electron chi connectivity index (χ0n) is 9.93. The Labute approximate surface area is 110 Å². The average Bonchev–Trinajstić information content (AvgIpc) is 2.90. The number of benzene rings is 1.